The first kappa shape index (κ1) is 26.6. The molecule has 10 heteroatoms. The van der Waals surface area contributed by atoms with E-state index < -0.39 is 17.8 Å². The van der Waals surface area contributed by atoms with Crippen molar-refractivity contribution in [2.24, 2.45) is 0 Å². The van der Waals surface area contributed by atoms with Crippen molar-refractivity contribution >= 4 is 57.1 Å². The highest BCUT2D eigenvalue weighted by Crippen LogP contribution is 2.29. The molecular weight excluding hydrogens is 554 g/mol. The van der Waals surface area contributed by atoms with Crippen LogP contribution in [-0.4, -0.2) is 37.5 Å². The van der Waals surface area contributed by atoms with Gasteiger partial charge in [-0.1, -0.05) is 33.6 Å². The van der Waals surface area contributed by atoms with Crippen LogP contribution in [0.2, 0.25) is 0 Å². The molecule has 3 aromatic rings. The monoisotopic (exact) mass is 577 g/mol. The highest BCUT2D eigenvalue weighted by molar-refractivity contribution is 9.10. The number of ether oxygens (including phenoxy) is 2. The van der Waals surface area contributed by atoms with E-state index in [4.69, 9.17) is 9.47 Å². The molecular formula is C28H24BrN3O6. The number of carbonyl (C=O) groups excluding carboxylic acids is 4. The summed E-state index contributed by atoms with van der Waals surface area (Å²) in [5.74, 6) is -1.21. The molecule has 38 heavy (non-hydrogen) atoms. The maximum absolute atomic E-state index is 13.3. The first-order chi connectivity index (χ1) is 18.2. The van der Waals surface area contributed by atoms with E-state index in [1.807, 2.05) is 32.0 Å². The van der Waals surface area contributed by atoms with Gasteiger partial charge in [-0.3, -0.25) is 19.7 Å². The summed E-state index contributed by atoms with van der Waals surface area (Å²) in [5.41, 5.74) is 3.03. The SMILES string of the molecule is COc1ccc(N2C(=O)NC(=O)/C(=C\c3cc(Br)ccc3OCC(=O)Nc3ccc(C)cc3C)C2=O)cc1. The number of urea groups is 1. The summed E-state index contributed by atoms with van der Waals surface area (Å²) in [7, 11) is 1.50. The molecule has 0 bridgehead atoms. The Balaban J connectivity index is 1.57. The summed E-state index contributed by atoms with van der Waals surface area (Å²) in [6.45, 7) is 3.56. The highest BCUT2D eigenvalue weighted by Gasteiger charge is 2.37. The molecule has 0 unspecified atom stereocenters. The van der Waals surface area contributed by atoms with Gasteiger partial charge in [0, 0.05) is 15.7 Å². The quantitative estimate of drug-likeness (QED) is 0.309. The maximum Gasteiger partial charge on any atom is 0.335 e. The van der Waals surface area contributed by atoms with Crippen molar-refractivity contribution in [1.82, 2.24) is 5.32 Å². The Kier molecular flexibility index (Phi) is 7.92. The Hall–Kier alpha value is -4.44. The molecule has 9 nitrogen and oxygen atoms in total. The van der Waals surface area contributed by atoms with Gasteiger partial charge in [0.15, 0.2) is 6.61 Å². The maximum atomic E-state index is 13.3. The number of carbonyl (C=O) groups is 4. The summed E-state index contributed by atoms with van der Waals surface area (Å²) in [5, 5.41) is 5.00. The van der Waals surface area contributed by atoms with Crippen LogP contribution in [0, 0.1) is 13.8 Å². The first-order valence-electron chi connectivity index (χ1n) is 11.5. The lowest BCUT2D eigenvalue weighted by atomic mass is 10.1. The van der Waals surface area contributed by atoms with E-state index in [1.165, 1.54) is 25.3 Å². The highest BCUT2D eigenvalue weighted by atomic mass is 79.9. The predicted octanol–water partition coefficient (Wildman–Crippen LogP) is 4.76. The van der Waals surface area contributed by atoms with Gasteiger partial charge >= 0.3 is 6.03 Å². The van der Waals surface area contributed by atoms with Crippen LogP contribution in [0.5, 0.6) is 11.5 Å². The van der Waals surface area contributed by atoms with E-state index in [0.29, 0.717) is 21.5 Å². The largest absolute Gasteiger partial charge is 0.497 e. The van der Waals surface area contributed by atoms with Crippen LogP contribution in [-0.2, 0) is 14.4 Å². The average Bonchev–Trinajstić information content (AvgIpc) is 2.88. The number of halogens is 1. The van der Waals surface area contributed by atoms with Gasteiger partial charge in [0.1, 0.15) is 17.1 Å². The van der Waals surface area contributed by atoms with Crippen LogP contribution in [0.15, 0.2) is 70.7 Å². The fourth-order valence-electron chi connectivity index (χ4n) is 3.83. The summed E-state index contributed by atoms with van der Waals surface area (Å²) in [6, 6.07) is 16.0. The third-order valence-corrected chi connectivity index (χ3v) is 6.21. The van der Waals surface area contributed by atoms with Crippen LogP contribution in [0.25, 0.3) is 6.08 Å². The van der Waals surface area contributed by atoms with Gasteiger partial charge in [0.2, 0.25) is 0 Å². The van der Waals surface area contributed by atoms with E-state index >= 15 is 0 Å². The molecule has 0 saturated carbocycles. The lowest BCUT2D eigenvalue weighted by Gasteiger charge is -2.26. The third kappa shape index (κ3) is 5.92. The number of barbiturate groups is 1. The molecule has 0 aliphatic carbocycles. The Morgan fingerprint density at radius 3 is 2.45 bits per heavy atom. The number of anilines is 2. The number of aryl methyl sites for hydroxylation is 2. The smallest absolute Gasteiger partial charge is 0.335 e. The molecule has 0 aromatic heterocycles. The standard InChI is InChI=1S/C28H24BrN3O6/c1-16-4-10-23(17(2)12-16)30-25(33)15-38-24-11-5-19(29)13-18(24)14-22-26(34)31-28(36)32(27(22)35)20-6-8-21(37-3)9-7-20/h4-14H,15H2,1-3H3,(H,30,33)(H,31,34,36)/b22-14+. The number of benzene rings is 3. The Bertz CT molecular complexity index is 1470. The minimum atomic E-state index is -0.865. The third-order valence-electron chi connectivity index (χ3n) is 5.72. The number of amides is 5. The molecule has 3 aromatic carbocycles. The van der Waals surface area contributed by atoms with Gasteiger partial charge < -0.3 is 14.8 Å². The van der Waals surface area contributed by atoms with E-state index in [2.05, 4.69) is 26.6 Å². The summed E-state index contributed by atoms with van der Waals surface area (Å²) in [6.07, 6.45) is 1.32. The van der Waals surface area contributed by atoms with Crippen molar-refractivity contribution in [2.45, 2.75) is 13.8 Å². The van der Waals surface area contributed by atoms with Crippen molar-refractivity contribution in [3.05, 3.63) is 87.4 Å². The Labute approximate surface area is 227 Å². The molecule has 1 fully saturated rings. The molecule has 5 amide bonds. The Morgan fingerprint density at radius 1 is 1.03 bits per heavy atom. The predicted molar refractivity (Wildman–Crippen MR) is 146 cm³/mol. The number of imide groups is 2. The van der Waals surface area contributed by atoms with E-state index in [-0.39, 0.29) is 29.5 Å². The summed E-state index contributed by atoms with van der Waals surface area (Å²) in [4.78, 5) is 51.8. The summed E-state index contributed by atoms with van der Waals surface area (Å²) < 4.78 is 11.5. The van der Waals surface area contributed by atoms with Gasteiger partial charge in [-0.15, -0.1) is 0 Å². The van der Waals surface area contributed by atoms with Crippen LogP contribution in [0.3, 0.4) is 0 Å². The second-order valence-corrected chi connectivity index (χ2v) is 9.41. The van der Waals surface area contributed by atoms with E-state index in [9.17, 15) is 19.2 Å². The number of hydrogen-bond donors (Lipinski definition) is 2. The molecule has 4 rings (SSSR count). The number of methoxy groups -OCH3 is 1. The van der Waals surface area contributed by atoms with Gasteiger partial charge in [0.05, 0.1) is 12.8 Å². The van der Waals surface area contributed by atoms with Gasteiger partial charge in [0.25, 0.3) is 17.7 Å². The molecule has 1 saturated heterocycles. The molecule has 1 aliphatic rings. The van der Waals surface area contributed by atoms with E-state index in [1.54, 1.807) is 30.3 Å². The van der Waals surface area contributed by atoms with Crippen molar-refractivity contribution in [3.63, 3.8) is 0 Å². The van der Waals surface area contributed by atoms with Crippen molar-refractivity contribution < 1.29 is 28.7 Å². The fraction of sp³-hybridized carbons (Fsp3) is 0.143. The van der Waals surface area contributed by atoms with Crippen LogP contribution in [0.4, 0.5) is 16.2 Å². The summed E-state index contributed by atoms with van der Waals surface area (Å²) >= 11 is 3.38. The van der Waals surface area contributed by atoms with Gasteiger partial charge in [-0.2, -0.15) is 0 Å². The number of hydrogen-bond acceptors (Lipinski definition) is 6. The molecule has 194 valence electrons. The lowest BCUT2D eigenvalue weighted by molar-refractivity contribution is -0.122. The molecule has 0 radical (unpaired) electrons. The Morgan fingerprint density at radius 2 is 1.76 bits per heavy atom. The lowest BCUT2D eigenvalue weighted by Crippen LogP contribution is -2.54. The second kappa shape index (κ2) is 11.3. The van der Waals surface area contributed by atoms with Crippen LogP contribution < -0.4 is 25.0 Å². The second-order valence-electron chi connectivity index (χ2n) is 8.49. The first-order valence-corrected chi connectivity index (χ1v) is 12.3. The molecule has 1 heterocycles. The average molecular weight is 578 g/mol. The number of rotatable bonds is 7. The van der Waals surface area contributed by atoms with Crippen molar-refractivity contribution in [2.75, 3.05) is 23.9 Å². The topological polar surface area (TPSA) is 114 Å². The van der Waals surface area contributed by atoms with Gasteiger partial charge in [-0.25, -0.2) is 9.69 Å². The minimum Gasteiger partial charge on any atom is -0.497 e. The zero-order chi connectivity index (χ0) is 27.4. The molecule has 2 N–H and O–H groups in total. The van der Waals surface area contributed by atoms with Crippen LogP contribution >= 0.6 is 15.9 Å². The molecule has 1 aliphatic heterocycles. The van der Waals surface area contributed by atoms with Crippen molar-refractivity contribution in [3.8, 4) is 11.5 Å². The van der Waals surface area contributed by atoms with Crippen LogP contribution in [0.1, 0.15) is 16.7 Å². The van der Waals surface area contributed by atoms with E-state index in [0.717, 1.165) is 16.0 Å². The molecule has 0 spiro atoms. The number of nitrogens with one attached hydrogen (secondary N) is 2. The normalized spacial score (nSPS) is 14.4. The zero-order valence-electron chi connectivity index (χ0n) is 20.8. The van der Waals surface area contributed by atoms with Gasteiger partial charge in [-0.05, 0) is 74.0 Å². The minimum absolute atomic E-state index is 0.264. The molecule has 0 atom stereocenters. The zero-order valence-corrected chi connectivity index (χ0v) is 22.4. The fourth-order valence-corrected chi connectivity index (χ4v) is 4.20. The van der Waals surface area contributed by atoms with Crippen molar-refractivity contribution in [1.29, 1.82) is 0 Å². The number of nitrogens with zero attached hydrogens (tertiary/aromatic N) is 1.